The maximum absolute atomic E-state index is 9.75. The molecule has 4 nitrogen and oxygen atoms in total. The average molecular weight is 590 g/mol. The number of halogens is 8. The molecule has 0 aliphatic rings. The Bertz CT molecular complexity index is 1410. The fourth-order valence-corrected chi connectivity index (χ4v) is 3.60. The van der Waals surface area contributed by atoms with Crippen LogP contribution in [0.15, 0.2) is 110 Å². The van der Waals surface area contributed by atoms with E-state index in [9.17, 15) is 34.5 Å². The van der Waals surface area contributed by atoms with Gasteiger partial charge in [0, 0.05) is 59.7 Å². The van der Waals surface area contributed by atoms with Gasteiger partial charge in [-0.15, -0.1) is 0 Å². The summed E-state index contributed by atoms with van der Waals surface area (Å²) in [5.74, 6) is 0. The summed E-state index contributed by atoms with van der Waals surface area (Å²) in [5.41, 5.74) is 8.57. The lowest BCUT2D eigenvalue weighted by Crippen LogP contribution is -2.29. The van der Waals surface area contributed by atoms with E-state index in [1.165, 1.54) is 11.1 Å². The Morgan fingerprint density at radius 3 is 0.952 bits per heavy atom. The molecule has 0 saturated carbocycles. The number of hydrogen-bond donors (Lipinski definition) is 0. The molecule has 0 aliphatic heterocycles. The Morgan fingerprint density at radius 2 is 0.714 bits per heavy atom. The minimum absolute atomic E-state index is 0.857. The second-order valence-corrected chi connectivity index (χ2v) is 8.94. The van der Waals surface area contributed by atoms with Crippen LogP contribution in [0.2, 0.25) is 0 Å². The van der Waals surface area contributed by atoms with Gasteiger partial charge in [0.15, 0.2) is 24.8 Å². The summed E-state index contributed by atoms with van der Waals surface area (Å²) in [4.78, 5) is 9.30. The Balaban J connectivity index is 0.000000420. The van der Waals surface area contributed by atoms with Crippen molar-refractivity contribution in [1.82, 2.24) is 9.97 Å². The first kappa shape index (κ1) is 31.9. The Hall–Kier alpha value is -4.61. The smallest absolute Gasteiger partial charge is 0.418 e. The number of pyridine rings is 2. The van der Waals surface area contributed by atoms with Crippen LogP contribution in [0.1, 0.15) is 11.1 Å². The third-order valence-electron chi connectivity index (χ3n) is 5.57. The lowest BCUT2D eigenvalue weighted by atomic mass is 10.1. The van der Waals surface area contributed by atoms with Crippen LogP contribution in [0.3, 0.4) is 0 Å². The highest BCUT2D eigenvalue weighted by Gasteiger charge is 2.21. The number of rotatable bonds is 4. The number of hydrogen-bond acceptors (Lipinski definition) is 2. The van der Waals surface area contributed by atoms with Crippen LogP contribution in [-0.2, 0) is 0 Å². The maximum atomic E-state index is 9.75. The van der Waals surface area contributed by atoms with Crippen molar-refractivity contribution in [2.24, 2.45) is 0 Å². The molecule has 0 radical (unpaired) electrons. The van der Waals surface area contributed by atoms with Crippen LogP contribution in [0.25, 0.3) is 33.9 Å². The molecule has 3 heterocycles. The summed E-state index contributed by atoms with van der Waals surface area (Å²) in [6.07, 6.45) is 11.9. The van der Waals surface area contributed by atoms with Crippen LogP contribution >= 0.6 is 0 Å². The zero-order valence-corrected chi connectivity index (χ0v) is 22.4. The summed E-state index contributed by atoms with van der Waals surface area (Å²) < 4.78 is 82.2. The molecule has 0 bridgehead atoms. The normalized spacial score (nSPS) is 11.1. The van der Waals surface area contributed by atoms with Crippen molar-refractivity contribution >= 4 is 14.5 Å². The molecule has 0 unspecified atom stereocenters. The summed E-state index contributed by atoms with van der Waals surface area (Å²) in [5, 5.41) is 0. The third kappa shape index (κ3) is 11.1. The fourth-order valence-electron chi connectivity index (χ4n) is 3.60. The largest absolute Gasteiger partial charge is 0.673 e. The predicted octanol–water partition coefficient (Wildman–Crippen LogP) is 7.58. The molecule has 0 fully saturated rings. The first-order valence-corrected chi connectivity index (χ1v) is 12.4. The predicted molar refractivity (Wildman–Crippen MR) is 146 cm³/mol. The quantitative estimate of drug-likeness (QED) is 0.123. The average Bonchev–Trinajstić information content (AvgIpc) is 2.93. The van der Waals surface area contributed by atoms with Crippen LogP contribution in [-0.4, -0.2) is 24.5 Å². The van der Waals surface area contributed by atoms with E-state index in [1.807, 2.05) is 12.4 Å². The van der Waals surface area contributed by atoms with E-state index >= 15 is 0 Å². The molecule has 0 aliphatic carbocycles. The van der Waals surface area contributed by atoms with Gasteiger partial charge in [-0.1, -0.05) is 35.4 Å². The Kier molecular flexibility index (Phi) is 10.5. The van der Waals surface area contributed by atoms with Gasteiger partial charge in [-0.25, -0.2) is 0 Å². The lowest BCUT2D eigenvalue weighted by molar-refractivity contribution is -0.595. The first-order chi connectivity index (χ1) is 19.7. The summed E-state index contributed by atoms with van der Waals surface area (Å²) in [7, 11) is -12.0. The van der Waals surface area contributed by atoms with Crippen molar-refractivity contribution in [2.45, 2.75) is 13.8 Å². The second-order valence-electron chi connectivity index (χ2n) is 8.94. The van der Waals surface area contributed by atoms with E-state index in [1.54, 1.807) is 0 Å². The van der Waals surface area contributed by atoms with Gasteiger partial charge < -0.3 is 34.5 Å². The standard InChI is InChI=1S/C28H24N4.2BF4/c1-21-3-7-25(8-4-21)31-15-11-23(12-16-31)27-19-30-28(20-29-27)24-13-17-32(18-14-24)26-9-5-22(2)6-10-26;2*2-1(3,4)5/h3-20H,1-2H3;;/q+2;2*-1. The Morgan fingerprint density at radius 1 is 0.452 bits per heavy atom. The van der Waals surface area contributed by atoms with Gasteiger partial charge in [0.25, 0.3) is 0 Å². The molecular weight excluding hydrogens is 566 g/mol. The highest BCUT2D eigenvalue weighted by Crippen LogP contribution is 2.19. The third-order valence-corrected chi connectivity index (χ3v) is 5.57. The van der Waals surface area contributed by atoms with Crippen LogP contribution in [0.5, 0.6) is 0 Å². The van der Waals surface area contributed by atoms with Gasteiger partial charge in [-0.05, 0) is 13.8 Å². The van der Waals surface area contributed by atoms with Crippen molar-refractivity contribution in [2.75, 3.05) is 0 Å². The molecule has 14 heteroatoms. The van der Waals surface area contributed by atoms with E-state index in [0.29, 0.717) is 0 Å². The monoisotopic (exact) mass is 590 g/mol. The van der Waals surface area contributed by atoms with E-state index in [4.69, 9.17) is 0 Å². The fraction of sp³-hybridized carbons (Fsp3) is 0.0714. The summed E-state index contributed by atoms with van der Waals surface area (Å²) >= 11 is 0. The zero-order chi connectivity index (χ0) is 30.9. The summed E-state index contributed by atoms with van der Waals surface area (Å²) in [6.45, 7) is 4.19. The second kappa shape index (κ2) is 13.8. The molecular formula is C28H24B2F8N4. The molecule has 0 spiro atoms. The van der Waals surface area contributed by atoms with E-state index in [2.05, 4.69) is 131 Å². The molecule has 42 heavy (non-hydrogen) atoms. The van der Waals surface area contributed by atoms with Crippen molar-refractivity contribution in [1.29, 1.82) is 0 Å². The minimum Gasteiger partial charge on any atom is -0.418 e. The number of aromatic nitrogens is 4. The zero-order valence-electron chi connectivity index (χ0n) is 22.4. The molecule has 5 rings (SSSR count). The molecule has 0 atom stereocenters. The number of benzene rings is 2. The lowest BCUT2D eigenvalue weighted by Gasteiger charge is -2.03. The van der Waals surface area contributed by atoms with Crippen molar-refractivity contribution in [3.63, 3.8) is 0 Å². The Labute approximate surface area is 237 Å². The van der Waals surface area contributed by atoms with Crippen LogP contribution in [0.4, 0.5) is 34.5 Å². The van der Waals surface area contributed by atoms with Crippen molar-refractivity contribution in [3.05, 3.63) is 121 Å². The van der Waals surface area contributed by atoms with Gasteiger partial charge in [0.05, 0.1) is 23.8 Å². The number of aryl methyl sites for hydroxylation is 2. The van der Waals surface area contributed by atoms with Gasteiger partial charge in [-0.3, -0.25) is 9.97 Å². The topological polar surface area (TPSA) is 33.5 Å². The number of nitrogens with zero attached hydrogens (tertiary/aromatic N) is 4. The molecule has 0 amide bonds. The van der Waals surface area contributed by atoms with Crippen molar-refractivity contribution in [3.8, 4) is 33.9 Å². The maximum Gasteiger partial charge on any atom is 0.673 e. The highest BCUT2D eigenvalue weighted by atomic mass is 19.5. The minimum atomic E-state index is -6.00. The molecule has 5 aromatic rings. The van der Waals surface area contributed by atoms with Crippen LogP contribution < -0.4 is 9.13 Å². The summed E-state index contributed by atoms with van der Waals surface area (Å²) in [6, 6.07) is 25.2. The van der Waals surface area contributed by atoms with Gasteiger partial charge in [-0.2, -0.15) is 9.13 Å². The van der Waals surface area contributed by atoms with Gasteiger partial charge in [0.2, 0.25) is 11.4 Å². The molecule has 2 aromatic carbocycles. The van der Waals surface area contributed by atoms with E-state index in [0.717, 1.165) is 33.9 Å². The molecule has 218 valence electrons. The molecule has 0 N–H and O–H groups in total. The SMILES string of the molecule is Cc1ccc(-[n+]2ccc(-c3cnc(-c4cc[n+](-c5ccc(C)cc5)cc4)cn3)cc2)cc1.F[B-](F)(F)F.F[B-](F)(F)F. The van der Waals surface area contributed by atoms with Crippen molar-refractivity contribution < 1.29 is 43.7 Å². The highest BCUT2D eigenvalue weighted by molar-refractivity contribution is 6.50. The van der Waals surface area contributed by atoms with E-state index in [-0.39, 0.29) is 0 Å². The van der Waals surface area contributed by atoms with E-state index < -0.39 is 14.5 Å². The van der Waals surface area contributed by atoms with Gasteiger partial charge in [0.1, 0.15) is 0 Å². The first-order valence-electron chi connectivity index (χ1n) is 12.4. The molecule has 3 aromatic heterocycles. The van der Waals surface area contributed by atoms with Crippen LogP contribution in [0, 0.1) is 13.8 Å². The molecule has 0 saturated heterocycles. The van der Waals surface area contributed by atoms with Gasteiger partial charge >= 0.3 is 14.5 Å².